The summed E-state index contributed by atoms with van der Waals surface area (Å²) >= 11 is 6.61. The zero-order valence-corrected chi connectivity index (χ0v) is 24.1. The highest BCUT2D eigenvalue weighted by molar-refractivity contribution is 14.1. The number of rotatable bonds is 7. The lowest BCUT2D eigenvalue weighted by Gasteiger charge is -2.12. The maximum absolute atomic E-state index is 12.8. The van der Waals surface area contributed by atoms with Gasteiger partial charge in [0.05, 0.1) is 17.1 Å². The van der Waals surface area contributed by atoms with E-state index in [0.717, 1.165) is 42.1 Å². The zero-order chi connectivity index (χ0) is 25.8. The van der Waals surface area contributed by atoms with Gasteiger partial charge in [0.2, 0.25) is 0 Å². The normalized spacial score (nSPS) is 14.4. The maximum Gasteiger partial charge on any atom is 0.293 e. The number of thioether (sulfide) groups is 1. The fourth-order valence-corrected chi connectivity index (χ4v) is 5.19. The van der Waals surface area contributed by atoms with Crippen LogP contribution in [0.3, 0.4) is 0 Å². The average molecular weight is 677 g/mol. The smallest absolute Gasteiger partial charge is 0.293 e. The molecule has 1 saturated heterocycles. The van der Waals surface area contributed by atoms with Crippen molar-refractivity contribution in [2.75, 3.05) is 11.9 Å². The second-order valence-electron chi connectivity index (χ2n) is 8.22. The van der Waals surface area contributed by atoms with Crippen molar-refractivity contribution in [3.05, 3.63) is 95.9 Å². The number of nitrogens with one attached hydrogen (secondary N) is 1. The molecular formula is C27H22BrIN2O4S. The average Bonchev–Trinajstić information content (AvgIpc) is 3.10. The summed E-state index contributed by atoms with van der Waals surface area (Å²) in [5, 5.41) is 2.56. The number of nitrogens with zero attached hydrogens (tertiary/aromatic N) is 1. The molecule has 1 fully saturated rings. The van der Waals surface area contributed by atoms with Gasteiger partial charge in [0.25, 0.3) is 17.1 Å². The van der Waals surface area contributed by atoms with Crippen molar-refractivity contribution in [1.82, 2.24) is 4.90 Å². The van der Waals surface area contributed by atoms with Gasteiger partial charge >= 0.3 is 0 Å². The van der Waals surface area contributed by atoms with E-state index < -0.39 is 0 Å². The molecule has 3 aromatic rings. The molecular weight excluding hydrogens is 655 g/mol. The molecule has 0 radical (unpaired) electrons. The molecule has 6 nitrogen and oxygen atoms in total. The van der Waals surface area contributed by atoms with Gasteiger partial charge in [-0.3, -0.25) is 19.3 Å². The Bertz CT molecular complexity index is 1360. The Morgan fingerprint density at radius 1 is 1.06 bits per heavy atom. The standard InChI is InChI=1S/C27H22BrIN2O4S/c1-16-11-22(28)23(12-17(16)2)30-25(32)15-35-21-9-5-18(6-10-21)13-24-26(33)31(27(34)36-24)14-19-3-7-20(29)8-4-19/h3-13H,14-15H2,1-2H3,(H,30,32)/b24-13+. The summed E-state index contributed by atoms with van der Waals surface area (Å²) in [5.74, 6) is -0.0591. The van der Waals surface area contributed by atoms with Crippen LogP contribution in [0.15, 0.2) is 70.0 Å². The molecule has 0 saturated carbocycles. The highest BCUT2D eigenvalue weighted by Crippen LogP contribution is 2.33. The molecule has 1 N–H and O–H groups in total. The number of hydrogen-bond donors (Lipinski definition) is 1. The van der Waals surface area contributed by atoms with Crippen LogP contribution in [0.1, 0.15) is 22.3 Å². The molecule has 36 heavy (non-hydrogen) atoms. The molecule has 0 aliphatic carbocycles. The molecule has 3 amide bonds. The first-order valence-corrected chi connectivity index (χ1v) is 13.7. The lowest BCUT2D eigenvalue weighted by Crippen LogP contribution is -2.27. The topological polar surface area (TPSA) is 75.7 Å². The van der Waals surface area contributed by atoms with E-state index in [0.29, 0.717) is 16.3 Å². The van der Waals surface area contributed by atoms with Crippen molar-refractivity contribution in [2.24, 2.45) is 0 Å². The summed E-state index contributed by atoms with van der Waals surface area (Å²) in [6.07, 6.45) is 1.69. The number of aryl methyl sites for hydroxylation is 2. The zero-order valence-electron chi connectivity index (χ0n) is 19.5. The van der Waals surface area contributed by atoms with Crippen LogP contribution in [0.5, 0.6) is 5.75 Å². The van der Waals surface area contributed by atoms with E-state index in [1.165, 1.54) is 4.90 Å². The number of halogens is 2. The van der Waals surface area contributed by atoms with Crippen LogP contribution in [-0.2, 0) is 16.1 Å². The first-order valence-electron chi connectivity index (χ1n) is 11.0. The fraction of sp³-hybridized carbons (Fsp3) is 0.148. The molecule has 0 atom stereocenters. The summed E-state index contributed by atoms with van der Waals surface area (Å²) in [5.41, 5.74) is 4.56. The molecule has 0 unspecified atom stereocenters. The monoisotopic (exact) mass is 676 g/mol. The lowest BCUT2D eigenvalue weighted by atomic mass is 10.1. The van der Waals surface area contributed by atoms with E-state index in [1.54, 1.807) is 30.3 Å². The van der Waals surface area contributed by atoms with Crippen LogP contribution < -0.4 is 10.1 Å². The van der Waals surface area contributed by atoms with Crippen molar-refractivity contribution < 1.29 is 19.1 Å². The summed E-state index contributed by atoms with van der Waals surface area (Å²) in [7, 11) is 0. The number of imide groups is 1. The summed E-state index contributed by atoms with van der Waals surface area (Å²) in [6, 6.07) is 18.6. The van der Waals surface area contributed by atoms with Crippen molar-refractivity contribution in [3.63, 3.8) is 0 Å². The quantitative estimate of drug-likeness (QED) is 0.217. The number of ether oxygens (including phenoxy) is 1. The third-order valence-corrected chi connectivity index (χ3v) is 7.82. The van der Waals surface area contributed by atoms with Crippen LogP contribution in [0, 0.1) is 17.4 Å². The summed E-state index contributed by atoms with van der Waals surface area (Å²) in [6.45, 7) is 4.09. The Morgan fingerprint density at radius 2 is 1.72 bits per heavy atom. The molecule has 184 valence electrons. The molecule has 4 rings (SSSR count). The minimum atomic E-state index is -0.307. The summed E-state index contributed by atoms with van der Waals surface area (Å²) in [4.78, 5) is 39.2. The van der Waals surface area contributed by atoms with Gasteiger partial charge in [-0.2, -0.15) is 0 Å². The van der Waals surface area contributed by atoms with Crippen LogP contribution in [0.2, 0.25) is 0 Å². The molecule has 3 aromatic carbocycles. The maximum atomic E-state index is 12.8. The first-order chi connectivity index (χ1) is 17.2. The van der Waals surface area contributed by atoms with Crippen molar-refractivity contribution in [1.29, 1.82) is 0 Å². The number of carbonyl (C=O) groups is 3. The Hall–Kier alpha value is -2.63. The van der Waals surface area contributed by atoms with Crippen molar-refractivity contribution in [3.8, 4) is 5.75 Å². The number of benzene rings is 3. The summed E-state index contributed by atoms with van der Waals surface area (Å²) < 4.78 is 7.51. The Labute approximate surface area is 235 Å². The van der Waals surface area contributed by atoms with Gasteiger partial charge in [0.1, 0.15) is 5.75 Å². The molecule has 0 bridgehead atoms. The lowest BCUT2D eigenvalue weighted by molar-refractivity contribution is -0.123. The number of hydrogen-bond acceptors (Lipinski definition) is 5. The molecule has 0 aromatic heterocycles. The van der Waals surface area contributed by atoms with Gasteiger partial charge in [-0.05, 0) is 129 Å². The molecule has 0 spiro atoms. The number of amides is 3. The second kappa shape index (κ2) is 11.6. The van der Waals surface area contributed by atoms with E-state index in [-0.39, 0.29) is 30.2 Å². The van der Waals surface area contributed by atoms with E-state index in [2.05, 4.69) is 43.8 Å². The van der Waals surface area contributed by atoms with Gasteiger partial charge in [-0.15, -0.1) is 0 Å². The largest absolute Gasteiger partial charge is 0.484 e. The minimum absolute atomic E-state index is 0.143. The Balaban J connectivity index is 1.34. The van der Waals surface area contributed by atoms with Gasteiger partial charge in [0, 0.05) is 8.04 Å². The second-order valence-corrected chi connectivity index (χ2v) is 11.3. The van der Waals surface area contributed by atoms with E-state index in [9.17, 15) is 14.4 Å². The van der Waals surface area contributed by atoms with Crippen LogP contribution >= 0.6 is 50.3 Å². The molecule has 9 heteroatoms. The van der Waals surface area contributed by atoms with E-state index in [1.807, 2.05) is 50.2 Å². The van der Waals surface area contributed by atoms with Gasteiger partial charge in [-0.1, -0.05) is 24.3 Å². The van der Waals surface area contributed by atoms with Gasteiger partial charge < -0.3 is 10.1 Å². The van der Waals surface area contributed by atoms with Crippen molar-refractivity contribution in [2.45, 2.75) is 20.4 Å². The fourth-order valence-electron chi connectivity index (χ4n) is 3.43. The SMILES string of the molecule is Cc1cc(Br)c(NC(=O)COc2ccc(/C=C3/SC(=O)N(Cc4ccc(I)cc4)C3=O)cc2)cc1C. The highest BCUT2D eigenvalue weighted by Gasteiger charge is 2.34. The predicted molar refractivity (Wildman–Crippen MR) is 155 cm³/mol. The Kier molecular flexibility index (Phi) is 8.53. The van der Waals surface area contributed by atoms with Crippen LogP contribution in [-0.4, -0.2) is 28.6 Å². The third kappa shape index (κ3) is 6.57. The van der Waals surface area contributed by atoms with Crippen LogP contribution in [0.4, 0.5) is 10.5 Å². The van der Waals surface area contributed by atoms with Crippen molar-refractivity contribution >= 4 is 79.1 Å². The minimum Gasteiger partial charge on any atom is -0.484 e. The van der Waals surface area contributed by atoms with Gasteiger partial charge in [-0.25, -0.2) is 0 Å². The van der Waals surface area contributed by atoms with Gasteiger partial charge in [0.15, 0.2) is 6.61 Å². The molecule has 1 aliphatic rings. The predicted octanol–water partition coefficient (Wildman–Crippen LogP) is 6.92. The van der Waals surface area contributed by atoms with E-state index >= 15 is 0 Å². The number of carbonyl (C=O) groups excluding carboxylic acids is 3. The Morgan fingerprint density at radius 3 is 2.42 bits per heavy atom. The first kappa shape index (κ1) is 26.4. The van der Waals surface area contributed by atoms with Crippen LogP contribution in [0.25, 0.3) is 6.08 Å². The molecule has 1 heterocycles. The molecule has 1 aliphatic heterocycles. The number of anilines is 1. The third-order valence-electron chi connectivity index (χ3n) is 5.53. The van der Waals surface area contributed by atoms with E-state index in [4.69, 9.17) is 4.74 Å². The highest BCUT2D eigenvalue weighted by atomic mass is 127.